The molecule has 0 aliphatic carbocycles. The summed E-state index contributed by atoms with van der Waals surface area (Å²) in [6.07, 6.45) is 0. The van der Waals surface area contributed by atoms with Crippen molar-refractivity contribution in [2.75, 3.05) is 0 Å². The first-order chi connectivity index (χ1) is 9.11. The Balaban J connectivity index is 2.19. The molecule has 0 fully saturated rings. The van der Waals surface area contributed by atoms with Crippen LogP contribution in [0, 0.1) is 0 Å². The van der Waals surface area contributed by atoms with Crippen LogP contribution in [-0.2, 0) is 13.2 Å². The maximum Gasteiger partial charge on any atom is 0.148 e. The highest BCUT2D eigenvalue weighted by Crippen LogP contribution is 2.36. The summed E-state index contributed by atoms with van der Waals surface area (Å²) in [7, 11) is 0. The highest BCUT2D eigenvalue weighted by atomic mass is 79.9. The third-order valence-corrected chi connectivity index (χ3v) is 4.31. The van der Waals surface area contributed by atoms with E-state index in [1.54, 1.807) is 0 Å². The van der Waals surface area contributed by atoms with E-state index in [-0.39, 0.29) is 0 Å². The summed E-state index contributed by atoms with van der Waals surface area (Å²) in [4.78, 5) is 0. The van der Waals surface area contributed by atoms with Gasteiger partial charge in [0.2, 0.25) is 0 Å². The molecule has 0 saturated carbocycles. The Kier molecular flexibility index (Phi) is 5.45. The van der Waals surface area contributed by atoms with Crippen LogP contribution in [0.2, 0.25) is 0 Å². The Morgan fingerprint density at radius 2 is 1.53 bits per heavy atom. The van der Waals surface area contributed by atoms with Gasteiger partial charge >= 0.3 is 0 Å². The van der Waals surface area contributed by atoms with E-state index in [1.807, 2.05) is 36.4 Å². The fraction of sp³-hybridized carbons (Fsp3) is 0.143. The number of nitrogens with two attached hydrogens (primary N) is 1. The standard InChI is InChI=1S/C14H12Br3NO/c15-11-5-12(16)14(13(17)6-11)19-8-10-4-2-1-3-9(10)7-18/h1-6H,7-8,18H2. The molecule has 2 N–H and O–H groups in total. The van der Waals surface area contributed by atoms with E-state index >= 15 is 0 Å². The average molecular weight is 450 g/mol. The first-order valence-electron chi connectivity index (χ1n) is 5.66. The van der Waals surface area contributed by atoms with Gasteiger partial charge in [0, 0.05) is 11.0 Å². The fourth-order valence-electron chi connectivity index (χ4n) is 1.71. The Bertz CT molecular complexity index is 564. The summed E-state index contributed by atoms with van der Waals surface area (Å²) in [5.74, 6) is 0.787. The van der Waals surface area contributed by atoms with E-state index in [9.17, 15) is 0 Å². The molecule has 0 heterocycles. The van der Waals surface area contributed by atoms with E-state index in [1.165, 1.54) is 0 Å². The van der Waals surface area contributed by atoms with Gasteiger partial charge in [-0.05, 0) is 55.1 Å². The van der Waals surface area contributed by atoms with E-state index in [4.69, 9.17) is 10.5 Å². The Morgan fingerprint density at radius 3 is 2.11 bits per heavy atom. The molecule has 0 radical (unpaired) electrons. The minimum Gasteiger partial charge on any atom is -0.487 e. The third kappa shape index (κ3) is 3.81. The number of benzene rings is 2. The van der Waals surface area contributed by atoms with Gasteiger partial charge in [-0.15, -0.1) is 0 Å². The highest BCUT2D eigenvalue weighted by Gasteiger charge is 2.09. The lowest BCUT2D eigenvalue weighted by atomic mass is 10.1. The lowest BCUT2D eigenvalue weighted by molar-refractivity contribution is 0.301. The zero-order chi connectivity index (χ0) is 13.8. The molecule has 0 aliphatic rings. The smallest absolute Gasteiger partial charge is 0.148 e. The van der Waals surface area contributed by atoms with Crippen molar-refractivity contribution in [2.24, 2.45) is 5.73 Å². The summed E-state index contributed by atoms with van der Waals surface area (Å²) in [6.45, 7) is 1.01. The van der Waals surface area contributed by atoms with Gasteiger partial charge in [0.15, 0.2) is 0 Å². The van der Waals surface area contributed by atoms with Gasteiger partial charge in [0.1, 0.15) is 12.4 Å². The number of hydrogen-bond acceptors (Lipinski definition) is 2. The number of halogens is 3. The Hall–Kier alpha value is -0.360. The van der Waals surface area contributed by atoms with Crippen molar-refractivity contribution in [2.45, 2.75) is 13.2 Å². The summed E-state index contributed by atoms with van der Waals surface area (Å²) < 4.78 is 8.67. The second-order valence-corrected chi connectivity index (χ2v) is 6.58. The Morgan fingerprint density at radius 1 is 0.947 bits per heavy atom. The average Bonchev–Trinajstić information content (AvgIpc) is 2.38. The van der Waals surface area contributed by atoms with Crippen molar-refractivity contribution in [1.29, 1.82) is 0 Å². The molecule has 2 nitrogen and oxygen atoms in total. The molecule has 0 unspecified atom stereocenters. The van der Waals surface area contributed by atoms with Crippen LogP contribution in [0.15, 0.2) is 49.8 Å². The van der Waals surface area contributed by atoms with Gasteiger partial charge in [-0.1, -0.05) is 40.2 Å². The molecular weight excluding hydrogens is 438 g/mol. The molecule has 0 amide bonds. The molecule has 2 rings (SSSR count). The van der Waals surface area contributed by atoms with Crippen LogP contribution in [0.3, 0.4) is 0 Å². The zero-order valence-corrected chi connectivity index (χ0v) is 14.8. The lowest BCUT2D eigenvalue weighted by Crippen LogP contribution is -2.04. The first kappa shape index (κ1) is 15.0. The second kappa shape index (κ2) is 6.88. The normalized spacial score (nSPS) is 10.5. The number of ether oxygens (including phenoxy) is 1. The molecule has 0 aromatic heterocycles. The topological polar surface area (TPSA) is 35.2 Å². The maximum atomic E-state index is 5.88. The SMILES string of the molecule is NCc1ccccc1COc1c(Br)cc(Br)cc1Br. The van der Waals surface area contributed by atoms with Gasteiger partial charge in [-0.2, -0.15) is 0 Å². The van der Waals surface area contributed by atoms with Gasteiger partial charge in [0.25, 0.3) is 0 Å². The largest absolute Gasteiger partial charge is 0.487 e. The lowest BCUT2D eigenvalue weighted by Gasteiger charge is -2.13. The van der Waals surface area contributed by atoms with Crippen molar-refractivity contribution in [3.05, 3.63) is 60.9 Å². The molecule has 0 atom stereocenters. The molecular formula is C14H12Br3NO. The fourth-order valence-corrected chi connectivity index (χ4v) is 4.20. The summed E-state index contributed by atoms with van der Waals surface area (Å²) in [5.41, 5.74) is 7.93. The van der Waals surface area contributed by atoms with Gasteiger partial charge in [-0.25, -0.2) is 0 Å². The third-order valence-electron chi connectivity index (χ3n) is 2.67. The molecule has 100 valence electrons. The van der Waals surface area contributed by atoms with Crippen LogP contribution in [0.25, 0.3) is 0 Å². The van der Waals surface area contributed by atoms with E-state index in [0.29, 0.717) is 13.2 Å². The first-order valence-corrected chi connectivity index (χ1v) is 8.04. The summed E-state index contributed by atoms with van der Waals surface area (Å²) >= 11 is 10.4. The summed E-state index contributed by atoms with van der Waals surface area (Å²) in [5, 5.41) is 0. The van der Waals surface area contributed by atoms with Crippen LogP contribution < -0.4 is 10.5 Å². The second-order valence-electron chi connectivity index (χ2n) is 3.96. The van der Waals surface area contributed by atoms with E-state index in [0.717, 1.165) is 30.3 Å². The van der Waals surface area contributed by atoms with Crippen molar-refractivity contribution in [3.8, 4) is 5.75 Å². The van der Waals surface area contributed by atoms with Crippen LogP contribution in [0.5, 0.6) is 5.75 Å². The monoisotopic (exact) mass is 447 g/mol. The van der Waals surface area contributed by atoms with E-state index < -0.39 is 0 Å². The molecule has 5 heteroatoms. The predicted octanol–water partition coefficient (Wildman–Crippen LogP) is 5.01. The predicted molar refractivity (Wildman–Crippen MR) is 88.2 cm³/mol. The van der Waals surface area contributed by atoms with Crippen LogP contribution >= 0.6 is 47.8 Å². The minimum atomic E-state index is 0.492. The van der Waals surface area contributed by atoms with Gasteiger partial charge in [-0.3, -0.25) is 0 Å². The van der Waals surface area contributed by atoms with Gasteiger partial charge < -0.3 is 10.5 Å². The molecule has 0 spiro atoms. The molecule has 0 aliphatic heterocycles. The quantitative estimate of drug-likeness (QED) is 0.712. The van der Waals surface area contributed by atoms with Crippen LogP contribution in [0.1, 0.15) is 11.1 Å². The maximum absolute atomic E-state index is 5.88. The van der Waals surface area contributed by atoms with Gasteiger partial charge in [0.05, 0.1) is 8.95 Å². The molecule has 19 heavy (non-hydrogen) atoms. The van der Waals surface area contributed by atoms with Crippen molar-refractivity contribution < 1.29 is 4.74 Å². The van der Waals surface area contributed by atoms with Crippen molar-refractivity contribution >= 4 is 47.8 Å². The molecule has 0 saturated heterocycles. The molecule has 2 aromatic carbocycles. The van der Waals surface area contributed by atoms with Crippen LogP contribution in [0.4, 0.5) is 0 Å². The summed E-state index contributed by atoms with van der Waals surface area (Å²) in [6, 6.07) is 11.9. The number of rotatable bonds is 4. The van der Waals surface area contributed by atoms with E-state index in [2.05, 4.69) is 47.8 Å². The van der Waals surface area contributed by atoms with Crippen LogP contribution in [-0.4, -0.2) is 0 Å². The number of hydrogen-bond donors (Lipinski definition) is 1. The molecule has 0 bridgehead atoms. The minimum absolute atomic E-state index is 0.492. The highest BCUT2D eigenvalue weighted by molar-refractivity contribution is 9.11. The molecule has 2 aromatic rings. The zero-order valence-electron chi connectivity index (χ0n) is 10.00. The van der Waals surface area contributed by atoms with Crippen molar-refractivity contribution in [1.82, 2.24) is 0 Å². The Labute approximate surface area is 137 Å². The van der Waals surface area contributed by atoms with Crippen molar-refractivity contribution in [3.63, 3.8) is 0 Å².